The zero-order valence-electron chi connectivity index (χ0n) is 9.08. The Morgan fingerprint density at radius 2 is 2.11 bits per heavy atom. The van der Waals surface area contributed by atoms with Gasteiger partial charge in [0.2, 0.25) is 5.71 Å². The summed E-state index contributed by atoms with van der Waals surface area (Å²) in [5, 5.41) is -0.144. The summed E-state index contributed by atoms with van der Waals surface area (Å²) in [5.41, 5.74) is -0.734. The molecule has 18 heavy (non-hydrogen) atoms. The second kappa shape index (κ2) is 4.38. The number of hydrogen-bond donors (Lipinski definition) is 0. The van der Waals surface area contributed by atoms with Crippen LogP contribution in [0.2, 0.25) is 0 Å². The van der Waals surface area contributed by atoms with E-state index in [-0.39, 0.29) is 22.6 Å². The molecular weight excluding hydrogens is 315 g/mol. The number of halogens is 4. The van der Waals surface area contributed by atoms with Crippen LogP contribution in [0.15, 0.2) is 16.5 Å². The van der Waals surface area contributed by atoms with Gasteiger partial charge in [0.15, 0.2) is 0 Å². The molecule has 0 saturated carbocycles. The van der Waals surface area contributed by atoms with Gasteiger partial charge in [-0.1, -0.05) is 15.9 Å². The molecule has 0 amide bonds. The summed E-state index contributed by atoms with van der Waals surface area (Å²) in [6.45, 7) is 1.45. The first kappa shape index (κ1) is 13.1. The van der Waals surface area contributed by atoms with E-state index in [1.807, 2.05) is 0 Å². The Bertz CT molecular complexity index is 606. The molecule has 0 spiro atoms. The molecule has 0 bridgehead atoms. The third-order valence-corrected chi connectivity index (χ3v) is 3.02. The number of alkyl halides is 4. The normalized spacial score (nSPS) is 13.8. The molecule has 2 aromatic heterocycles. The van der Waals surface area contributed by atoms with Crippen molar-refractivity contribution >= 4 is 33.3 Å². The number of rotatable bonds is 2. The van der Waals surface area contributed by atoms with E-state index in [9.17, 15) is 18.0 Å². The number of furan rings is 1. The number of nitrogens with zero attached hydrogens (tertiary/aromatic N) is 1. The minimum absolute atomic E-state index is 0.101. The zero-order valence-corrected chi connectivity index (χ0v) is 10.7. The molecule has 0 aromatic carbocycles. The summed E-state index contributed by atoms with van der Waals surface area (Å²) in [6.07, 6.45) is -3.96. The average Bonchev–Trinajstić information content (AvgIpc) is 2.68. The fraction of sp³-hybridized carbons (Fsp3) is 0.273. The number of fused-ring (bicyclic) bond motifs is 1. The Balaban J connectivity index is 2.72. The number of aldehydes is 1. The monoisotopic (exact) mass is 321 g/mol. The second-order valence-corrected chi connectivity index (χ2v) is 4.70. The first-order valence-corrected chi connectivity index (χ1v) is 5.82. The molecule has 1 unspecified atom stereocenters. The number of hydrogen-bond acceptors (Lipinski definition) is 3. The smallest absolute Gasteiger partial charge is 0.417 e. The van der Waals surface area contributed by atoms with Gasteiger partial charge in [-0.25, -0.2) is 4.98 Å². The average molecular weight is 322 g/mol. The molecule has 7 heteroatoms. The van der Waals surface area contributed by atoms with Gasteiger partial charge in [0, 0.05) is 5.69 Å². The van der Waals surface area contributed by atoms with Gasteiger partial charge in [-0.2, -0.15) is 13.2 Å². The highest BCUT2D eigenvalue weighted by Crippen LogP contribution is 2.37. The molecule has 0 aliphatic carbocycles. The third-order valence-electron chi connectivity index (χ3n) is 2.35. The third kappa shape index (κ3) is 2.27. The fourth-order valence-corrected chi connectivity index (χ4v) is 1.82. The highest BCUT2D eigenvalue weighted by Gasteiger charge is 2.34. The van der Waals surface area contributed by atoms with Crippen molar-refractivity contribution in [3.05, 3.63) is 29.2 Å². The van der Waals surface area contributed by atoms with Crippen LogP contribution in [0, 0.1) is 6.92 Å². The highest BCUT2D eigenvalue weighted by molar-refractivity contribution is 9.09. The zero-order chi connectivity index (χ0) is 13.5. The molecule has 1 atom stereocenters. The van der Waals surface area contributed by atoms with Gasteiger partial charge in [-0.15, -0.1) is 0 Å². The maximum atomic E-state index is 12.8. The van der Waals surface area contributed by atoms with Gasteiger partial charge in [-0.3, -0.25) is 0 Å². The van der Waals surface area contributed by atoms with E-state index in [4.69, 9.17) is 4.42 Å². The summed E-state index contributed by atoms with van der Waals surface area (Å²) < 4.78 is 43.7. The lowest BCUT2D eigenvalue weighted by Crippen LogP contribution is -2.06. The van der Waals surface area contributed by atoms with Crippen LogP contribution in [-0.4, -0.2) is 11.3 Å². The first-order chi connectivity index (χ1) is 8.32. The molecule has 2 rings (SSSR count). The van der Waals surface area contributed by atoms with Gasteiger partial charge in [0.25, 0.3) is 0 Å². The predicted octanol–water partition coefficient (Wildman–Crippen LogP) is 3.79. The molecule has 3 nitrogen and oxygen atoms in total. The highest BCUT2D eigenvalue weighted by atomic mass is 79.9. The van der Waals surface area contributed by atoms with Crippen molar-refractivity contribution < 1.29 is 22.4 Å². The lowest BCUT2D eigenvalue weighted by atomic mass is 10.1. The van der Waals surface area contributed by atoms with Crippen LogP contribution in [0.5, 0.6) is 0 Å². The molecule has 2 heterocycles. The minimum Gasteiger partial charge on any atom is -0.441 e. The molecular formula is C11H7BrF3NO2. The van der Waals surface area contributed by atoms with Crippen LogP contribution in [0.4, 0.5) is 13.2 Å². The molecule has 0 aliphatic heterocycles. The second-order valence-electron chi connectivity index (χ2n) is 3.71. The van der Waals surface area contributed by atoms with Crippen molar-refractivity contribution in [2.75, 3.05) is 0 Å². The van der Waals surface area contributed by atoms with Crippen molar-refractivity contribution in [3.63, 3.8) is 0 Å². The number of carbonyl (C=O) groups is 1. The number of aryl methyl sites for hydroxylation is 1. The Hall–Kier alpha value is -1.37. The van der Waals surface area contributed by atoms with Crippen LogP contribution in [0.1, 0.15) is 21.8 Å². The van der Waals surface area contributed by atoms with Crippen molar-refractivity contribution in [1.82, 2.24) is 4.98 Å². The van der Waals surface area contributed by atoms with Crippen LogP contribution in [0.25, 0.3) is 11.1 Å². The summed E-state index contributed by atoms with van der Waals surface area (Å²) >= 11 is 2.99. The molecule has 2 aromatic rings. The van der Waals surface area contributed by atoms with Crippen LogP contribution in [0.3, 0.4) is 0 Å². The van der Waals surface area contributed by atoms with Gasteiger partial charge in [-0.05, 0) is 19.1 Å². The lowest BCUT2D eigenvalue weighted by Gasteiger charge is -2.07. The largest absolute Gasteiger partial charge is 0.441 e. The summed E-state index contributed by atoms with van der Waals surface area (Å²) in [6, 6.07) is 2.13. The number of aromatic nitrogens is 1. The maximum absolute atomic E-state index is 12.8. The lowest BCUT2D eigenvalue weighted by molar-refractivity contribution is -0.136. The van der Waals surface area contributed by atoms with Crippen LogP contribution < -0.4 is 0 Å². The predicted molar refractivity (Wildman–Crippen MR) is 61.5 cm³/mol. The molecule has 0 aliphatic rings. The van der Waals surface area contributed by atoms with Crippen molar-refractivity contribution in [2.24, 2.45) is 0 Å². The van der Waals surface area contributed by atoms with E-state index < -0.39 is 16.6 Å². The van der Waals surface area contributed by atoms with Gasteiger partial charge in [0.1, 0.15) is 16.9 Å². The molecule has 96 valence electrons. The van der Waals surface area contributed by atoms with Crippen molar-refractivity contribution in [2.45, 2.75) is 17.9 Å². The SMILES string of the molecule is Cc1cc(C(F)(F)F)c2cc(C(Br)C=O)oc2n1. The van der Waals surface area contributed by atoms with E-state index >= 15 is 0 Å². The molecule has 0 N–H and O–H groups in total. The summed E-state index contributed by atoms with van der Waals surface area (Å²) in [5.74, 6) is 0.101. The van der Waals surface area contributed by atoms with E-state index in [0.717, 1.165) is 6.07 Å². The van der Waals surface area contributed by atoms with Gasteiger partial charge in [0.05, 0.1) is 10.9 Å². The maximum Gasteiger partial charge on any atom is 0.417 e. The minimum atomic E-state index is -4.49. The Labute approximate surface area is 108 Å². The summed E-state index contributed by atoms with van der Waals surface area (Å²) in [7, 11) is 0. The first-order valence-electron chi connectivity index (χ1n) is 4.90. The van der Waals surface area contributed by atoms with Gasteiger partial charge < -0.3 is 9.21 Å². The van der Waals surface area contributed by atoms with E-state index in [0.29, 0.717) is 6.29 Å². The topological polar surface area (TPSA) is 43.1 Å². The summed E-state index contributed by atoms with van der Waals surface area (Å²) in [4.78, 5) is 13.7. The Morgan fingerprint density at radius 3 is 2.67 bits per heavy atom. The van der Waals surface area contributed by atoms with Crippen molar-refractivity contribution in [3.8, 4) is 0 Å². The van der Waals surface area contributed by atoms with Gasteiger partial charge >= 0.3 is 6.18 Å². The number of pyridine rings is 1. The van der Waals surface area contributed by atoms with Crippen LogP contribution in [-0.2, 0) is 11.0 Å². The van der Waals surface area contributed by atoms with E-state index in [1.165, 1.54) is 13.0 Å². The Kier molecular flexibility index (Phi) is 3.18. The van der Waals surface area contributed by atoms with E-state index in [2.05, 4.69) is 20.9 Å². The molecule has 0 fully saturated rings. The Morgan fingerprint density at radius 1 is 1.44 bits per heavy atom. The number of carbonyl (C=O) groups excluding carboxylic acids is 1. The molecule has 0 radical (unpaired) electrons. The standard InChI is InChI=1S/C11H7BrF3NO2/c1-5-2-7(11(13,14)15)6-3-9(8(12)4-17)18-10(6)16-5/h2-4,8H,1H3. The van der Waals surface area contributed by atoms with Crippen LogP contribution >= 0.6 is 15.9 Å². The molecule has 0 saturated heterocycles. The van der Waals surface area contributed by atoms with Crippen molar-refractivity contribution in [1.29, 1.82) is 0 Å². The quantitative estimate of drug-likeness (QED) is 0.624. The fourth-order valence-electron chi connectivity index (χ4n) is 1.59. The van der Waals surface area contributed by atoms with E-state index in [1.54, 1.807) is 0 Å².